The maximum Gasteiger partial charge on any atom is 0.319 e. The number of aromatic nitrogens is 4. The number of carbonyl (C=O) groups is 1. The van der Waals surface area contributed by atoms with E-state index in [9.17, 15) is 13.6 Å². The summed E-state index contributed by atoms with van der Waals surface area (Å²) in [6.07, 6.45) is 2.75. The highest BCUT2D eigenvalue weighted by molar-refractivity contribution is 6.35. The number of hydrogen-bond acceptors (Lipinski definition) is 7. The van der Waals surface area contributed by atoms with Crippen molar-refractivity contribution in [1.29, 1.82) is 0 Å². The summed E-state index contributed by atoms with van der Waals surface area (Å²) in [6.45, 7) is 7.49. The molecule has 2 atom stereocenters. The van der Waals surface area contributed by atoms with E-state index in [2.05, 4.69) is 26.7 Å². The first-order chi connectivity index (χ1) is 20.5. The molecule has 0 unspecified atom stereocenters. The number of benzene rings is 2. The van der Waals surface area contributed by atoms with E-state index < -0.39 is 17.6 Å². The summed E-state index contributed by atoms with van der Waals surface area (Å²) in [7, 11) is 0. The third kappa shape index (κ3) is 5.24. The van der Waals surface area contributed by atoms with Crippen molar-refractivity contribution in [3.05, 3.63) is 53.7 Å². The summed E-state index contributed by atoms with van der Waals surface area (Å²) >= 11 is 6.67. The summed E-state index contributed by atoms with van der Waals surface area (Å²) in [5.41, 5.74) is -0.194. The fourth-order valence-electron chi connectivity index (χ4n) is 5.78. The molecule has 226 valence electrons. The maximum absolute atomic E-state index is 16.5. The van der Waals surface area contributed by atoms with E-state index in [1.54, 1.807) is 4.90 Å². The molecule has 2 aliphatic rings. The van der Waals surface area contributed by atoms with Gasteiger partial charge in [0.05, 0.1) is 29.8 Å². The number of rotatable bonds is 7. The number of aromatic amines is 1. The maximum atomic E-state index is 16.5. The zero-order valence-corrected chi connectivity index (χ0v) is 24.1. The summed E-state index contributed by atoms with van der Waals surface area (Å²) in [5.74, 6) is -4.21. The molecule has 0 bridgehead atoms. The number of likely N-dealkylation sites (tertiary alicyclic amines) is 1. The van der Waals surface area contributed by atoms with Gasteiger partial charge in [0.15, 0.2) is 5.82 Å². The second kappa shape index (κ2) is 10.9. The molecular weight excluding hydrogens is 590 g/mol. The molecule has 2 aromatic carbocycles. The van der Waals surface area contributed by atoms with Gasteiger partial charge in [0.25, 0.3) is 5.92 Å². The van der Waals surface area contributed by atoms with Gasteiger partial charge in [-0.05, 0) is 38.1 Å². The molecule has 0 radical (unpaired) electrons. The number of fused-ring (bicyclic) bond motifs is 2. The summed E-state index contributed by atoms with van der Waals surface area (Å²) in [6, 6.07) is 3.54. The lowest BCUT2D eigenvalue weighted by Gasteiger charge is -2.44. The normalized spacial score (nSPS) is 20.4. The van der Waals surface area contributed by atoms with Gasteiger partial charge in [0, 0.05) is 53.6 Å². The molecular formula is C29H28ClF4N7O2. The van der Waals surface area contributed by atoms with Crippen molar-refractivity contribution in [3.8, 4) is 17.1 Å². The molecule has 1 amide bonds. The van der Waals surface area contributed by atoms with E-state index in [0.717, 1.165) is 0 Å². The van der Waals surface area contributed by atoms with Gasteiger partial charge in [0.2, 0.25) is 5.91 Å². The molecule has 9 nitrogen and oxygen atoms in total. The number of hydrogen-bond donors (Lipinski definition) is 1. The fraction of sp³-hybridized carbons (Fsp3) is 0.379. The van der Waals surface area contributed by atoms with E-state index in [1.807, 2.05) is 18.7 Å². The largest absolute Gasteiger partial charge is 0.462 e. The molecule has 0 aliphatic carbocycles. The molecule has 2 fully saturated rings. The van der Waals surface area contributed by atoms with Crippen LogP contribution in [-0.4, -0.2) is 93.2 Å². The fourth-order valence-corrected chi connectivity index (χ4v) is 6.07. The Morgan fingerprint density at radius 2 is 1.95 bits per heavy atom. The molecule has 0 saturated carbocycles. The Morgan fingerprint density at radius 3 is 2.67 bits per heavy atom. The van der Waals surface area contributed by atoms with Crippen molar-refractivity contribution in [2.75, 3.05) is 44.2 Å². The second-order valence-corrected chi connectivity index (χ2v) is 11.4. The zero-order chi connectivity index (χ0) is 30.6. The van der Waals surface area contributed by atoms with Gasteiger partial charge in [-0.3, -0.25) is 14.8 Å². The predicted octanol–water partition coefficient (Wildman–Crippen LogP) is 5.05. The number of nitrogens with one attached hydrogen (secondary N) is 1. The van der Waals surface area contributed by atoms with Crippen molar-refractivity contribution in [2.45, 2.75) is 31.9 Å². The van der Waals surface area contributed by atoms with Crippen molar-refractivity contribution >= 4 is 45.1 Å². The Balaban J connectivity index is 1.45. The van der Waals surface area contributed by atoms with Crippen LogP contribution < -0.4 is 9.64 Å². The monoisotopic (exact) mass is 617 g/mol. The Labute approximate surface area is 249 Å². The minimum Gasteiger partial charge on any atom is -0.462 e. The van der Waals surface area contributed by atoms with Crippen LogP contribution in [0.2, 0.25) is 5.02 Å². The van der Waals surface area contributed by atoms with E-state index >= 15 is 8.78 Å². The quantitative estimate of drug-likeness (QED) is 0.229. The molecule has 2 aromatic heterocycles. The van der Waals surface area contributed by atoms with Crippen LogP contribution in [0.1, 0.15) is 13.8 Å². The molecule has 43 heavy (non-hydrogen) atoms. The van der Waals surface area contributed by atoms with Crippen LogP contribution in [-0.2, 0) is 4.79 Å². The number of alkyl halides is 2. The zero-order valence-electron chi connectivity index (χ0n) is 23.4. The highest BCUT2D eigenvalue weighted by atomic mass is 35.5. The number of H-pyrrole nitrogens is 1. The van der Waals surface area contributed by atoms with E-state index in [1.165, 1.54) is 35.4 Å². The molecule has 2 saturated heterocycles. The van der Waals surface area contributed by atoms with Crippen molar-refractivity contribution < 1.29 is 27.1 Å². The molecule has 0 spiro atoms. The average molecular weight is 618 g/mol. The smallest absolute Gasteiger partial charge is 0.319 e. The number of anilines is 1. The number of piperazine rings is 1. The summed E-state index contributed by atoms with van der Waals surface area (Å²) in [5, 5.41) is 7.42. The van der Waals surface area contributed by atoms with Gasteiger partial charge in [-0.15, -0.1) is 0 Å². The first-order valence-electron chi connectivity index (χ1n) is 13.7. The third-order valence-corrected chi connectivity index (χ3v) is 8.22. The highest BCUT2D eigenvalue weighted by Gasteiger charge is 2.43. The van der Waals surface area contributed by atoms with Gasteiger partial charge in [-0.25, -0.2) is 17.6 Å². The Bertz CT molecular complexity index is 1740. The van der Waals surface area contributed by atoms with E-state index in [-0.39, 0.29) is 82.8 Å². The minimum atomic E-state index is -2.72. The van der Waals surface area contributed by atoms with Crippen LogP contribution in [0, 0.1) is 11.6 Å². The van der Waals surface area contributed by atoms with Crippen LogP contribution >= 0.6 is 11.6 Å². The van der Waals surface area contributed by atoms with Crippen molar-refractivity contribution in [2.24, 2.45) is 0 Å². The van der Waals surface area contributed by atoms with Gasteiger partial charge >= 0.3 is 6.01 Å². The third-order valence-electron chi connectivity index (χ3n) is 7.92. The Hall–Kier alpha value is -3.97. The number of ether oxygens (including phenoxy) is 1. The van der Waals surface area contributed by atoms with Crippen LogP contribution in [0.25, 0.3) is 32.9 Å². The first-order valence-corrected chi connectivity index (χ1v) is 14.1. The molecule has 6 rings (SSSR count). The Kier molecular flexibility index (Phi) is 7.41. The molecule has 1 N–H and O–H groups in total. The van der Waals surface area contributed by atoms with Gasteiger partial charge in [-0.1, -0.05) is 18.2 Å². The number of nitrogens with zero attached hydrogens (tertiary/aromatic N) is 6. The minimum absolute atomic E-state index is 0.0151. The van der Waals surface area contributed by atoms with E-state index in [4.69, 9.17) is 16.3 Å². The summed E-state index contributed by atoms with van der Waals surface area (Å²) in [4.78, 5) is 26.5. The molecule has 14 heteroatoms. The average Bonchev–Trinajstić information content (AvgIpc) is 3.43. The van der Waals surface area contributed by atoms with Gasteiger partial charge < -0.3 is 14.5 Å². The van der Waals surface area contributed by atoms with Gasteiger partial charge in [-0.2, -0.15) is 15.1 Å². The number of halogens is 5. The van der Waals surface area contributed by atoms with Gasteiger partial charge in [0.1, 0.15) is 23.8 Å². The van der Waals surface area contributed by atoms with Crippen LogP contribution in [0.4, 0.5) is 23.4 Å². The lowest BCUT2D eigenvalue weighted by Crippen LogP contribution is -2.58. The number of amides is 1. The van der Waals surface area contributed by atoms with Crippen LogP contribution in [0.5, 0.6) is 6.01 Å². The van der Waals surface area contributed by atoms with Crippen LogP contribution in [0.3, 0.4) is 0 Å². The van der Waals surface area contributed by atoms with E-state index in [0.29, 0.717) is 24.3 Å². The first kappa shape index (κ1) is 29.1. The second-order valence-electron chi connectivity index (χ2n) is 11.0. The standard InChI is InChI=1S/C29H28ClF4N7O2/c1-4-21(42)40-11-16(3)41(12-15(40)2)27-18-9-19(30)22(23-20(31)6-5-17-10-35-38-25(17)23)24(32)26(18)36-28(37-27)43-8-7-39-13-29(33,34)14-39/h4-6,9-10,15-16H,1,7-8,11-14H2,2-3H3,(H,35,38)/t15-,16+/m1/s1. The SMILES string of the molecule is C=CC(=O)N1C[C@H](C)N(c2nc(OCCN3CC(F)(F)C3)nc3c(F)c(-c4c(F)ccc5cn[nH]c45)c(Cl)cc23)C[C@H]1C. The topological polar surface area (TPSA) is 90.5 Å². The van der Waals surface area contributed by atoms with Crippen LogP contribution in [0.15, 0.2) is 37.1 Å². The van der Waals surface area contributed by atoms with Crippen molar-refractivity contribution in [1.82, 2.24) is 30.0 Å². The Morgan fingerprint density at radius 1 is 1.19 bits per heavy atom. The van der Waals surface area contributed by atoms with Crippen molar-refractivity contribution in [3.63, 3.8) is 0 Å². The molecule has 2 aliphatic heterocycles. The summed E-state index contributed by atoms with van der Waals surface area (Å²) < 4.78 is 64.1. The lowest BCUT2D eigenvalue weighted by atomic mass is 9.99. The predicted molar refractivity (Wildman–Crippen MR) is 155 cm³/mol. The lowest BCUT2D eigenvalue weighted by molar-refractivity contribution is -0.132. The molecule has 4 aromatic rings. The molecule has 4 heterocycles. The number of carbonyl (C=O) groups excluding carboxylic acids is 1. The highest BCUT2D eigenvalue weighted by Crippen LogP contribution is 2.42.